The van der Waals surface area contributed by atoms with E-state index < -0.39 is 5.41 Å². The fourth-order valence-electron chi connectivity index (χ4n) is 8.63. The summed E-state index contributed by atoms with van der Waals surface area (Å²) < 4.78 is 23.3. The van der Waals surface area contributed by atoms with Crippen LogP contribution in [-0.4, -0.2) is 84.8 Å². The number of ether oxygens (including phenoxy) is 1. The molecular formula is C32H41FN6O. The van der Waals surface area contributed by atoms with Crippen molar-refractivity contribution < 1.29 is 9.13 Å². The van der Waals surface area contributed by atoms with Gasteiger partial charge in [0.1, 0.15) is 18.5 Å². The number of likely N-dealkylation sites (tertiary alicyclic amines) is 1. The quantitative estimate of drug-likeness (QED) is 0.588. The zero-order valence-corrected chi connectivity index (χ0v) is 23.8. The molecule has 7 aliphatic rings. The van der Waals surface area contributed by atoms with Gasteiger partial charge in [-0.2, -0.15) is 4.99 Å². The Hall–Kier alpha value is -2.42. The molecule has 6 heterocycles. The minimum atomic E-state index is -0.760. The van der Waals surface area contributed by atoms with Crippen LogP contribution >= 0.6 is 0 Å². The van der Waals surface area contributed by atoms with Crippen LogP contribution < -0.4 is 5.32 Å². The second-order valence-electron chi connectivity index (χ2n) is 13.7. The molecule has 5 fully saturated rings. The van der Waals surface area contributed by atoms with Gasteiger partial charge >= 0.3 is 6.02 Å². The zero-order chi connectivity index (χ0) is 27.1. The minimum Gasteiger partial charge on any atom is -0.462 e. The van der Waals surface area contributed by atoms with Crippen LogP contribution in [0.2, 0.25) is 0 Å². The van der Waals surface area contributed by atoms with Gasteiger partial charge in [-0.15, -0.1) is 0 Å². The average molecular weight is 545 g/mol. The van der Waals surface area contributed by atoms with E-state index >= 15 is 4.39 Å². The van der Waals surface area contributed by atoms with Crippen LogP contribution in [0.15, 0.2) is 45.1 Å². The van der Waals surface area contributed by atoms with Crippen molar-refractivity contribution in [1.82, 2.24) is 15.1 Å². The van der Waals surface area contributed by atoms with Crippen LogP contribution in [0, 0.1) is 17.3 Å². The lowest BCUT2D eigenvalue weighted by atomic mass is 9.77. The molecule has 2 bridgehead atoms. The van der Waals surface area contributed by atoms with Crippen molar-refractivity contribution in [3.63, 3.8) is 0 Å². The molecule has 8 rings (SSSR count). The Labute approximate surface area is 236 Å². The van der Waals surface area contributed by atoms with Gasteiger partial charge in [0.05, 0.1) is 16.7 Å². The molecule has 40 heavy (non-hydrogen) atoms. The van der Waals surface area contributed by atoms with Gasteiger partial charge in [0.15, 0.2) is 5.83 Å². The van der Waals surface area contributed by atoms with Gasteiger partial charge in [0.25, 0.3) is 0 Å². The molecule has 0 spiro atoms. The Morgan fingerprint density at radius 2 is 1.93 bits per heavy atom. The summed E-state index contributed by atoms with van der Waals surface area (Å²) in [5, 5.41) is 3.66. The number of nitrogens with one attached hydrogen (secondary N) is 1. The molecule has 6 aliphatic heterocycles. The molecule has 0 amide bonds. The molecule has 1 N–H and O–H groups in total. The minimum absolute atomic E-state index is 0.0839. The first-order valence-electron chi connectivity index (χ1n) is 15.5. The van der Waals surface area contributed by atoms with E-state index in [0.29, 0.717) is 47.8 Å². The number of nitrogens with zero attached hydrogens (tertiary/aromatic N) is 5. The molecule has 4 saturated heterocycles. The number of hydrogen-bond donors (Lipinski definition) is 1. The monoisotopic (exact) mass is 544 g/mol. The Morgan fingerprint density at radius 1 is 1.12 bits per heavy atom. The van der Waals surface area contributed by atoms with Gasteiger partial charge < -0.3 is 10.1 Å². The van der Waals surface area contributed by atoms with Crippen molar-refractivity contribution >= 4 is 23.6 Å². The molecule has 7 nitrogen and oxygen atoms in total. The van der Waals surface area contributed by atoms with E-state index in [1.54, 1.807) is 0 Å². The normalized spacial score (nSPS) is 38.2. The fraction of sp³-hybridized carbons (Fsp3) is 0.656. The maximum Gasteiger partial charge on any atom is 0.313 e. The lowest BCUT2D eigenvalue weighted by Gasteiger charge is -2.45. The van der Waals surface area contributed by atoms with E-state index in [-0.39, 0.29) is 17.5 Å². The number of hydrogen-bond acceptors (Lipinski definition) is 7. The van der Waals surface area contributed by atoms with Crippen LogP contribution in [0.25, 0.3) is 5.70 Å². The second-order valence-corrected chi connectivity index (χ2v) is 13.7. The topological polar surface area (TPSA) is 64.8 Å². The molecule has 6 atom stereocenters. The summed E-state index contributed by atoms with van der Waals surface area (Å²) >= 11 is 0. The van der Waals surface area contributed by atoms with Crippen molar-refractivity contribution in [2.24, 2.45) is 32.2 Å². The first kappa shape index (κ1) is 25.3. The smallest absolute Gasteiger partial charge is 0.313 e. The number of benzene rings is 1. The maximum absolute atomic E-state index is 16.8. The van der Waals surface area contributed by atoms with E-state index in [9.17, 15) is 0 Å². The molecule has 8 heteroatoms. The molecule has 212 valence electrons. The highest BCUT2D eigenvalue weighted by atomic mass is 19.1. The van der Waals surface area contributed by atoms with Gasteiger partial charge in [0.2, 0.25) is 0 Å². The van der Waals surface area contributed by atoms with E-state index in [0.717, 1.165) is 57.5 Å². The molecule has 1 saturated carbocycles. The molecule has 4 unspecified atom stereocenters. The van der Waals surface area contributed by atoms with Crippen molar-refractivity contribution in [2.75, 3.05) is 39.3 Å². The number of amidine groups is 1. The van der Waals surface area contributed by atoms with Gasteiger partial charge in [-0.25, -0.2) is 9.38 Å². The summed E-state index contributed by atoms with van der Waals surface area (Å²) in [6.45, 7) is 10.1. The second kappa shape index (κ2) is 9.30. The van der Waals surface area contributed by atoms with Crippen molar-refractivity contribution in [3.8, 4) is 0 Å². The van der Waals surface area contributed by atoms with E-state index in [1.807, 2.05) is 18.3 Å². The number of piperidine rings is 1. The van der Waals surface area contributed by atoms with Crippen LogP contribution in [0.1, 0.15) is 69.4 Å². The van der Waals surface area contributed by atoms with Gasteiger partial charge in [-0.05, 0) is 88.4 Å². The van der Waals surface area contributed by atoms with Crippen LogP contribution in [0.4, 0.5) is 4.39 Å². The summed E-state index contributed by atoms with van der Waals surface area (Å²) in [4.78, 5) is 19.9. The predicted molar refractivity (Wildman–Crippen MR) is 156 cm³/mol. The van der Waals surface area contributed by atoms with Gasteiger partial charge in [-0.1, -0.05) is 31.2 Å². The third-order valence-corrected chi connectivity index (χ3v) is 11.0. The first-order chi connectivity index (χ1) is 19.4. The van der Waals surface area contributed by atoms with Crippen LogP contribution in [0.5, 0.6) is 0 Å². The van der Waals surface area contributed by atoms with Crippen molar-refractivity contribution in [1.29, 1.82) is 0 Å². The van der Waals surface area contributed by atoms with E-state index in [2.05, 4.69) is 41.1 Å². The van der Waals surface area contributed by atoms with E-state index in [4.69, 9.17) is 19.7 Å². The third kappa shape index (κ3) is 3.97. The van der Waals surface area contributed by atoms with Gasteiger partial charge in [0, 0.05) is 30.9 Å². The summed E-state index contributed by atoms with van der Waals surface area (Å²) in [6, 6.07) is 8.99. The lowest BCUT2D eigenvalue weighted by Crippen LogP contribution is -2.58. The Kier molecular flexibility index (Phi) is 5.88. The molecule has 0 aromatic heterocycles. The van der Waals surface area contributed by atoms with Crippen molar-refractivity contribution in [2.45, 2.75) is 76.0 Å². The van der Waals surface area contributed by atoms with Crippen molar-refractivity contribution in [3.05, 3.63) is 41.2 Å². The largest absolute Gasteiger partial charge is 0.462 e. The standard InChI is InChI=1S/C32H41FN6O/c1-20-13-25(20)23-7-3-4-8-24(23)27-26(33)28-31(2,18-35-27)29(38-16-21-14-22(17-38)34-15-21)37-30(36-28)40-19-32-9-5-11-39(32)12-6-10-32/h3-4,7-8,18,20-22,25,29,34H,5-6,9-17,19H2,1-2H3/t20-,21?,22?,25+,29?,31?/m0/s1. The Morgan fingerprint density at radius 3 is 2.70 bits per heavy atom. The molecular weight excluding hydrogens is 503 g/mol. The summed E-state index contributed by atoms with van der Waals surface area (Å²) in [6.07, 6.45) is 8.72. The fourth-order valence-corrected chi connectivity index (χ4v) is 8.63. The van der Waals surface area contributed by atoms with Gasteiger partial charge in [-0.3, -0.25) is 14.8 Å². The van der Waals surface area contributed by atoms with Crippen LogP contribution in [-0.2, 0) is 4.74 Å². The number of allylic oxidation sites excluding steroid dienone is 1. The zero-order valence-electron chi connectivity index (χ0n) is 23.8. The Bertz CT molecular complexity index is 1310. The summed E-state index contributed by atoms with van der Waals surface area (Å²) in [5.74, 6) is 1.36. The molecule has 1 aromatic rings. The SMILES string of the molecule is C[C@H]1C[C@H]1c1ccccc1C1=C(F)C2=NC(OCC34CCCN3CCC4)=NC(N3CC4CNC(C4)C3)C2(C)C=N1. The van der Waals surface area contributed by atoms with E-state index in [1.165, 1.54) is 24.8 Å². The molecule has 1 aromatic carbocycles. The highest BCUT2D eigenvalue weighted by Crippen LogP contribution is 2.50. The van der Waals surface area contributed by atoms with Crippen LogP contribution in [0.3, 0.4) is 0 Å². The average Bonchev–Trinajstić information content (AvgIpc) is 3.22. The number of fused-ring (bicyclic) bond motifs is 4. The highest BCUT2D eigenvalue weighted by molar-refractivity contribution is 6.22. The number of aliphatic imine (C=N–C) groups is 3. The predicted octanol–water partition coefficient (Wildman–Crippen LogP) is 4.61. The Balaban J connectivity index is 1.17. The highest BCUT2D eigenvalue weighted by Gasteiger charge is 2.52. The number of rotatable bonds is 5. The number of halogens is 1. The molecule has 1 aliphatic carbocycles. The maximum atomic E-state index is 16.8. The summed E-state index contributed by atoms with van der Waals surface area (Å²) in [7, 11) is 0. The lowest BCUT2D eigenvalue weighted by molar-refractivity contribution is 0.0898. The first-order valence-corrected chi connectivity index (χ1v) is 15.5. The summed E-state index contributed by atoms with van der Waals surface area (Å²) in [5.41, 5.74) is 2.24. The molecule has 0 radical (unpaired) electrons. The third-order valence-electron chi connectivity index (χ3n) is 11.0.